The molecule has 0 unspecified atom stereocenters. The minimum absolute atomic E-state index is 0.137. The van der Waals surface area contributed by atoms with Crippen LogP contribution in [0.5, 0.6) is 0 Å². The van der Waals surface area contributed by atoms with Crippen molar-refractivity contribution in [2.24, 2.45) is 11.3 Å². The Bertz CT molecular complexity index is 262. The Labute approximate surface area is 90.6 Å². The molecule has 0 atom stereocenters. The van der Waals surface area contributed by atoms with Crippen LogP contribution in [0.15, 0.2) is 0 Å². The van der Waals surface area contributed by atoms with E-state index in [1.807, 2.05) is 13.8 Å². The Kier molecular flexibility index (Phi) is 4.10. The van der Waals surface area contributed by atoms with Crippen molar-refractivity contribution in [2.45, 2.75) is 26.7 Å². The first-order valence-corrected chi connectivity index (χ1v) is 5.38. The standard InChI is InChI=1S/C11H18N2O2/c1-9(2)7-13-10(14)11(8-12)3-5-15-6-4-11/h9H,3-7H2,1-2H3,(H,13,14). The molecule has 0 aromatic rings. The third kappa shape index (κ3) is 2.93. The highest BCUT2D eigenvalue weighted by Gasteiger charge is 2.40. The molecule has 1 rings (SSSR count). The smallest absolute Gasteiger partial charge is 0.240 e. The Morgan fingerprint density at radius 2 is 2.13 bits per heavy atom. The Morgan fingerprint density at radius 3 is 2.60 bits per heavy atom. The first kappa shape index (κ1) is 12.0. The molecule has 1 amide bonds. The largest absolute Gasteiger partial charge is 0.381 e. The lowest BCUT2D eigenvalue weighted by molar-refractivity contribution is -0.132. The van der Waals surface area contributed by atoms with E-state index in [4.69, 9.17) is 10.00 Å². The second kappa shape index (κ2) is 5.13. The fourth-order valence-corrected chi connectivity index (χ4v) is 1.58. The molecule has 1 heterocycles. The van der Waals surface area contributed by atoms with Crippen molar-refractivity contribution in [1.82, 2.24) is 5.32 Å². The summed E-state index contributed by atoms with van der Waals surface area (Å²) in [6.07, 6.45) is 1.01. The number of hydrogen-bond acceptors (Lipinski definition) is 3. The van der Waals surface area contributed by atoms with Crippen molar-refractivity contribution in [2.75, 3.05) is 19.8 Å². The molecule has 0 bridgehead atoms. The average molecular weight is 210 g/mol. The monoisotopic (exact) mass is 210 g/mol. The summed E-state index contributed by atoms with van der Waals surface area (Å²) in [5.41, 5.74) is -0.854. The zero-order chi connectivity index (χ0) is 11.3. The quantitative estimate of drug-likeness (QED) is 0.758. The second-order valence-electron chi connectivity index (χ2n) is 4.41. The highest BCUT2D eigenvalue weighted by molar-refractivity contribution is 5.85. The van der Waals surface area contributed by atoms with E-state index in [1.165, 1.54) is 0 Å². The maximum Gasteiger partial charge on any atom is 0.240 e. The number of carbonyl (C=O) groups is 1. The number of nitrogens with zero attached hydrogens (tertiary/aromatic N) is 1. The highest BCUT2D eigenvalue weighted by Crippen LogP contribution is 2.29. The van der Waals surface area contributed by atoms with Gasteiger partial charge in [-0.1, -0.05) is 13.8 Å². The van der Waals surface area contributed by atoms with E-state index in [0.29, 0.717) is 38.5 Å². The lowest BCUT2D eigenvalue weighted by Gasteiger charge is -2.29. The van der Waals surface area contributed by atoms with Gasteiger partial charge in [0.1, 0.15) is 5.41 Å². The van der Waals surface area contributed by atoms with Gasteiger partial charge in [0, 0.05) is 19.8 Å². The van der Waals surface area contributed by atoms with E-state index in [1.54, 1.807) is 0 Å². The van der Waals surface area contributed by atoms with Crippen molar-refractivity contribution in [3.8, 4) is 6.07 Å². The SMILES string of the molecule is CC(C)CNC(=O)C1(C#N)CCOCC1. The summed E-state index contributed by atoms with van der Waals surface area (Å²) in [5, 5.41) is 11.9. The van der Waals surface area contributed by atoms with Crippen LogP contribution in [-0.4, -0.2) is 25.7 Å². The van der Waals surface area contributed by atoms with Crippen molar-refractivity contribution in [3.63, 3.8) is 0 Å². The highest BCUT2D eigenvalue weighted by atomic mass is 16.5. The molecular weight excluding hydrogens is 192 g/mol. The number of carbonyl (C=O) groups excluding carboxylic acids is 1. The first-order chi connectivity index (χ1) is 7.10. The maximum absolute atomic E-state index is 11.9. The average Bonchev–Trinajstić information content (AvgIpc) is 2.26. The Hall–Kier alpha value is -1.08. The molecule has 1 aliphatic heterocycles. The number of rotatable bonds is 3. The molecular formula is C11H18N2O2. The van der Waals surface area contributed by atoms with Gasteiger partial charge >= 0.3 is 0 Å². The third-order valence-electron chi connectivity index (χ3n) is 2.67. The van der Waals surface area contributed by atoms with Crippen molar-refractivity contribution >= 4 is 5.91 Å². The number of amides is 1. The Morgan fingerprint density at radius 1 is 1.53 bits per heavy atom. The van der Waals surface area contributed by atoms with Gasteiger partial charge in [-0.3, -0.25) is 4.79 Å². The van der Waals surface area contributed by atoms with Crippen LogP contribution >= 0.6 is 0 Å². The zero-order valence-corrected chi connectivity index (χ0v) is 9.38. The van der Waals surface area contributed by atoms with Crippen molar-refractivity contribution < 1.29 is 9.53 Å². The molecule has 1 saturated heterocycles. The Balaban J connectivity index is 2.57. The summed E-state index contributed by atoms with van der Waals surface area (Å²) in [6, 6.07) is 2.15. The maximum atomic E-state index is 11.9. The van der Waals surface area contributed by atoms with E-state index >= 15 is 0 Å². The molecule has 84 valence electrons. The van der Waals surface area contributed by atoms with Crippen molar-refractivity contribution in [1.29, 1.82) is 5.26 Å². The van der Waals surface area contributed by atoms with Gasteiger partial charge in [-0.15, -0.1) is 0 Å². The minimum Gasteiger partial charge on any atom is -0.381 e. The van der Waals surface area contributed by atoms with Gasteiger partial charge < -0.3 is 10.1 Å². The van der Waals surface area contributed by atoms with Crippen molar-refractivity contribution in [3.05, 3.63) is 0 Å². The van der Waals surface area contributed by atoms with E-state index < -0.39 is 5.41 Å². The summed E-state index contributed by atoms with van der Waals surface area (Å²) in [7, 11) is 0. The summed E-state index contributed by atoms with van der Waals surface area (Å²) in [6.45, 7) is 5.70. The lowest BCUT2D eigenvalue weighted by Crippen LogP contribution is -2.44. The van der Waals surface area contributed by atoms with Gasteiger partial charge in [0.15, 0.2) is 0 Å². The van der Waals surface area contributed by atoms with Crippen LogP contribution in [0.25, 0.3) is 0 Å². The van der Waals surface area contributed by atoms with E-state index in [9.17, 15) is 4.79 Å². The lowest BCUT2D eigenvalue weighted by atomic mass is 9.81. The fraction of sp³-hybridized carbons (Fsp3) is 0.818. The van der Waals surface area contributed by atoms with Crippen LogP contribution in [-0.2, 0) is 9.53 Å². The molecule has 0 saturated carbocycles. The summed E-state index contributed by atoms with van der Waals surface area (Å²) in [5.74, 6) is 0.270. The molecule has 0 aliphatic carbocycles. The van der Waals surface area contributed by atoms with Gasteiger partial charge in [0.05, 0.1) is 6.07 Å². The molecule has 0 aromatic heterocycles. The minimum atomic E-state index is -0.854. The van der Waals surface area contributed by atoms with E-state index in [2.05, 4.69) is 11.4 Å². The fourth-order valence-electron chi connectivity index (χ4n) is 1.58. The van der Waals surface area contributed by atoms with Crippen LogP contribution in [0.4, 0.5) is 0 Å². The van der Waals surface area contributed by atoms with Crippen LogP contribution in [0.1, 0.15) is 26.7 Å². The number of nitriles is 1. The molecule has 0 aromatic carbocycles. The third-order valence-corrected chi connectivity index (χ3v) is 2.67. The number of ether oxygens (including phenoxy) is 1. The summed E-state index contributed by atoms with van der Waals surface area (Å²) in [4.78, 5) is 11.9. The molecule has 1 N–H and O–H groups in total. The topological polar surface area (TPSA) is 62.1 Å². The first-order valence-electron chi connectivity index (χ1n) is 5.38. The predicted octanol–water partition coefficient (Wildman–Crippen LogP) is 1.08. The molecule has 4 heteroatoms. The van der Waals surface area contributed by atoms with Crippen LogP contribution in [0, 0.1) is 22.7 Å². The summed E-state index contributed by atoms with van der Waals surface area (Å²) >= 11 is 0. The van der Waals surface area contributed by atoms with Gasteiger partial charge in [0.2, 0.25) is 5.91 Å². The van der Waals surface area contributed by atoms with Gasteiger partial charge in [-0.25, -0.2) is 0 Å². The number of hydrogen-bond donors (Lipinski definition) is 1. The van der Waals surface area contributed by atoms with Gasteiger partial charge in [-0.05, 0) is 18.8 Å². The predicted molar refractivity (Wildman–Crippen MR) is 55.9 cm³/mol. The molecule has 0 spiro atoms. The molecule has 1 aliphatic rings. The van der Waals surface area contributed by atoms with Gasteiger partial charge in [0.25, 0.3) is 0 Å². The second-order valence-corrected chi connectivity index (χ2v) is 4.41. The molecule has 4 nitrogen and oxygen atoms in total. The molecule has 0 radical (unpaired) electrons. The van der Waals surface area contributed by atoms with Gasteiger partial charge in [-0.2, -0.15) is 5.26 Å². The van der Waals surface area contributed by atoms with Crippen LogP contribution < -0.4 is 5.32 Å². The molecule has 1 fully saturated rings. The zero-order valence-electron chi connectivity index (χ0n) is 9.38. The van der Waals surface area contributed by atoms with E-state index in [-0.39, 0.29) is 5.91 Å². The van der Waals surface area contributed by atoms with E-state index in [0.717, 1.165) is 0 Å². The van der Waals surface area contributed by atoms with Crippen LogP contribution in [0.3, 0.4) is 0 Å². The van der Waals surface area contributed by atoms with Crippen LogP contribution in [0.2, 0.25) is 0 Å². The number of nitrogens with one attached hydrogen (secondary N) is 1. The normalized spacial score (nSPS) is 19.6. The molecule has 15 heavy (non-hydrogen) atoms. The summed E-state index contributed by atoms with van der Waals surface area (Å²) < 4.78 is 5.17.